The maximum Gasteiger partial charge on any atom is 0.149 e. The van der Waals surface area contributed by atoms with Crippen LogP contribution in [0.15, 0.2) is 18.2 Å². The Balaban J connectivity index is 2.56. The zero-order chi connectivity index (χ0) is 12.6. The fraction of sp³-hybridized carbons (Fsp3) is 0.308. The van der Waals surface area contributed by atoms with Crippen molar-refractivity contribution in [2.45, 2.75) is 26.7 Å². The van der Waals surface area contributed by atoms with Gasteiger partial charge < -0.3 is 5.73 Å². The largest absolute Gasteiger partial charge is 0.382 e. The first-order valence-corrected chi connectivity index (χ1v) is 5.61. The quantitative estimate of drug-likeness (QED) is 0.836. The summed E-state index contributed by atoms with van der Waals surface area (Å²) in [6.07, 6.45) is 0. The summed E-state index contributed by atoms with van der Waals surface area (Å²) in [4.78, 5) is 0. The molecule has 0 aliphatic heterocycles. The molecule has 3 N–H and O–H groups in total. The minimum absolute atomic E-state index is 0.202. The van der Waals surface area contributed by atoms with Crippen molar-refractivity contribution in [3.8, 4) is 11.3 Å². The van der Waals surface area contributed by atoms with Crippen molar-refractivity contribution in [2.75, 3.05) is 5.73 Å². The molecule has 4 heteroatoms. The molecule has 17 heavy (non-hydrogen) atoms. The highest BCUT2D eigenvalue weighted by molar-refractivity contribution is 5.69. The lowest BCUT2D eigenvalue weighted by atomic mass is 9.98. The van der Waals surface area contributed by atoms with Crippen molar-refractivity contribution >= 4 is 5.82 Å². The second-order valence-electron chi connectivity index (χ2n) is 4.52. The zero-order valence-electron chi connectivity index (χ0n) is 10.2. The molecule has 2 rings (SSSR count). The van der Waals surface area contributed by atoms with Crippen LogP contribution in [0.4, 0.5) is 10.2 Å². The van der Waals surface area contributed by atoms with E-state index >= 15 is 0 Å². The molecule has 0 spiro atoms. The van der Waals surface area contributed by atoms with Crippen molar-refractivity contribution < 1.29 is 4.39 Å². The number of H-pyrrole nitrogens is 1. The molecule has 0 saturated heterocycles. The normalized spacial score (nSPS) is 11.1. The molecule has 0 amide bonds. The topological polar surface area (TPSA) is 54.7 Å². The van der Waals surface area contributed by atoms with Crippen molar-refractivity contribution in [3.63, 3.8) is 0 Å². The Morgan fingerprint density at radius 1 is 1.35 bits per heavy atom. The van der Waals surface area contributed by atoms with Crippen molar-refractivity contribution in [2.24, 2.45) is 0 Å². The van der Waals surface area contributed by atoms with Gasteiger partial charge in [-0.2, -0.15) is 5.10 Å². The second kappa shape index (κ2) is 4.20. The van der Waals surface area contributed by atoms with E-state index in [0.717, 1.165) is 16.8 Å². The minimum Gasteiger partial charge on any atom is -0.382 e. The SMILES string of the molecule is Cc1cc(-c2[nH]nc(N)c2C(C)C)ccc1F. The highest BCUT2D eigenvalue weighted by atomic mass is 19.1. The molecule has 90 valence electrons. The Morgan fingerprint density at radius 2 is 2.06 bits per heavy atom. The number of nitrogens with one attached hydrogen (secondary N) is 1. The number of aryl methyl sites for hydroxylation is 1. The molecule has 0 radical (unpaired) electrons. The Labute approximate surface area is 99.9 Å². The molecule has 0 fully saturated rings. The molecule has 3 nitrogen and oxygen atoms in total. The number of aromatic amines is 1. The van der Waals surface area contributed by atoms with E-state index in [-0.39, 0.29) is 11.7 Å². The summed E-state index contributed by atoms with van der Waals surface area (Å²) < 4.78 is 13.2. The van der Waals surface area contributed by atoms with E-state index in [9.17, 15) is 4.39 Å². The van der Waals surface area contributed by atoms with E-state index < -0.39 is 0 Å². The van der Waals surface area contributed by atoms with Gasteiger partial charge in [0.1, 0.15) is 11.6 Å². The Kier molecular flexibility index (Phi) is 2.88. The van der Waals surface area contributed by atoms with Crippen molar-refractivity contribution in [1.82, 2.24) is 10.2 Å². The first-order valence-electron chi connectivity index (χ1n) is 5.61. The number of nitrogens with two attached hydrogens (primary N) is 1. The lowest BCUT2D eigenvalue weighted by molar-refractivity contribution is 0.618. The van der Waals surface area contributed by atoms with Crippen LogP contribution in [0, 0.1) is 12.7 Å². The summed E-state index contributed by atoms with van der Waals surface area (Å²) in [5.74, 6) is 0.582. The summed E-state index contributed by atoms with van der Waals surface area (Å²) in [7, 11) is 0. The Hall–Kier alpha value is -1.84. The van der Waals surface area contributed by atoms with Crippen molar-refractivity contribution in [3.05, 3.63) is 35.1 Å². The first kappa shape index (κ1) is 11.6. The predicted molar refractivity (Wildman–Crippen MR) is 67.2 cm³/mol. The number of nitrogen functional groups attached to an aromatic ring is 1. The molecular weight excluding hydrogens is 217 g/mol. The van der Waals surface area contributed by atoms with Gasteiger partial charge in [0.05, 0.1) is 5.69 Å². The van der Waals surface area contributed by atoms with Crippen LogP contribution in [-0.4, -0.2) is 10.2 Å². The van der Waals surface area contributed by atoms with Crippen LogP contribution in [0.25, 0.3) is 11.3 Å². The van der Waals surface area contributed by atoms with Gasteiger partial charge in [-0.25, -0.2) is 4.39 Å². The van der Waals surface area contributed by atoms with Crippen LogP contribution in [0.1, 0.15) is 30.9 Å². The van der Waals surface area contributed by atoms with Crippen LogP contribution in [0.3, 0.4) is 0 Å². The van der Waals surface area contributed by atoms with E-state index in [0.29, 0.717) is 11.4 Å². The molecule has 0 aliphatic carbocycles. The Morgan fingerprint density at radius 3 is 2.65 bits per heavy atom. The zero-order valence-corrected chi connectivity index (χ0v) is 10.2. The number of anilines is 1. The van der Waals surface area contributed by atoms with Gasteiger partial charge in [0, 0.05) is 11.1 Å². The van der Waals surface area contributed by atoms with Crippen LogP contribution in [-0.2, 0) is 0 Å². The number of nitrogens with zero attached hydrogens (tertiary/aromatic N) is 1. The van der Waals surface area contributed by atoms with Gasteiger partial charge in [-0.3, -0.25) is 5.10 Å². The molecule has 0 unspecified atom stereocenters. The number of rotatable bonds is 2. The van der Waals surface area contributed by atoms with E-state index in [2.05, 4.69) is 24.0 Å². The predicted octanol–water partition coefficient (Wildman–Crippen LogP) is 3.23. The smallest absolute Gasteiger partial charge is 0.149 e. The van der Waals surface area contributed by atoms with Gasteiger partial charge in [0.2, 0.25) is 0 Å². The summed E-state index contributed by atoms with van der Waals surface area (Å²) >= 11 is 0. The number of benzene rings is 1. The molecule has 1 aromatic carbocycles. The van der Waals surface area contributed by atoms with Gasteiger partial charge >= 0.3 is 0 Å². The summed E-state index contributed by atoms with van der Waals surface area (Å²) in [5, 5.41) is 6.95. The molecular formula is C13H16FN3. The monoisotopic (exact) mass is 233 g/mol. The Bertz CT molecular complexity index is 544. The van der Waals surface area contributed by atoms with E-state index in [1.54, 1.807) is 19.1 Å². The average Bonchev–Trinajstić information content (AvgIpc) is 2.64. The highest BCUT2D eigenvalue weighted by Crippen LogP contribution is 2.31. The standard InChI is InChI=1S/C13H16FN3/c1-7(2)11-12(16-17-13(11)15)9-4-5-10(14)8(3)6-9/h4-7H,1-3H3,(H3,15,16,17). The van der Waals surface area contributed by atoms with Gasteiger partial charge in [-0.05, 0) is 36.6 Å². The summed E-state index contributed by atoms with van der Waals surface area (Å²) in [6.45, 7) is 5.86. The fourth-order valence-electron chi connectivity index (χ4n) is 1.97. The number of aromatic nitrogens is 2. The maximum atomic E-state index is 13.2. The molecule has 0 aliphatic rings. The van der Waals surface area contributed by atoms with Crippen LogP contribution < -0.4 is 5.73 Å². The van der Waals surface area contributed by atoms with E-state index in [1.165, 1.54) is 6.07 Å². The molecule has 0 saturated carbocycles. The highest BCUT2D eigenvalue weighted by Gasteiger charge is 2.16. The second-order valence-corrected chi connectivity index (χ2v) is 4.52. The molecule has 1 heterocycles. The molecule has 2 aromatic rings. The molecule has 1 aromatic heterocycles. The third-order valence-corrected chi connectivity index (χ3v) is 2.86. The lowest BCUT2D eigenvalue weighted by Crippen LogP contribution is -1.95. The third kappa shape index (κ3) is 2.02. The maximum absolute atomic E-state index is 13.2. The van der Waals surface area contributed by atoms with Gasteiger partial charge in [-0.1, -0.05) is 13.8 Å². The van der Waals surface area contributed by atoms with Crippen LogP contribution in [0.2, 0.25) is 0 Å². The van der Waals surface area contributed by atoms with Gasteiger partial charge in [0.25, 0.3) is 0 Å². The van der Waals surface area contributed by atoms with E-state index in [4.69, 9.17) is 5.73 Å². The molecule has 0 bridgehead atoms. The first-order chi connectivity index (χ1) is 8.00. The number of halogens is 1. The van der Waals surface area contributed by atoms with Gasteiger partial charge in [-0.15, -0.1) is 0 Å². The molecule has 0 atom stereocenters. The minimum atomic E-state index is -0.202. The number of hydrogen-bond acceptors (Lipinski definition) is 2. The van der Waals surface area contributed by atoms with E-state index in [1.807, 2.05) is 0 Å². The van der Waals surface area contributed by atoms with Gasteiger partial charge in [0.15, 0.2) is 0 Å². The van der Waals surface area contributed by atoms with Crippen LogP contribution in [0.5, 0.6) is 0 Å². The van der Waals surface area contributed by atoms with Crippen molar-refractivity contribution in [1.29, 1.82) is 0 Å². The number of hydrogen-bond donors (Lipinski definition) is 2. The lowest BCUT2D eigenvalue weighted by Gasteiger charge is -2.08. The summed E-state index contributed by atoms with van der Waals surface area (Å²) in [5.41, 5.74) is 9.22. The average molecular weight is 233 g/mol. The summed E-state index contributed by atoms with van der Waals surface area (Å²) in [6, 6.07) is 5.00. The fourth-order valence-corrected chi connectivity index (χ4v) is 1.97. The third-order valence-electron chi connectivity index (χ3n) is 2.86. The van der Waals surface area contributed by atoms with Crippen LogP contribution >= 0.6 is 0 Å².